The first kappa shape index (κ1) is 18.0. The van der Waals surface area contributed by atoms with Crippen molar-refractivity contribution in [3.63, 3.8) is 0 Å². The highest BCUT2D eigenvalue weighted by Crippen LogP contribution is 2.32. The number of sulfone groups is 1. The fraction of sp³-hybridized carbons (Fsp3) is 0.706. The Labute approximate surface area is 139 Å². The molecule has 2 aliphatic rings. The number of rotatable bonds is 4. The minimum absolute atomic E-state index is 0.0912. The normalized spacial score (nSPS) is 26.2. The first-order valence-corrected chi connectivity index (χ1v) is 10.4. The van der Waals surface area contributed by atoms with Gasteiger partial charge in [-0.2, -0.15) is 0 Å². The van der Waals surface area contributed by atoms with Gasteiger partial charge in [-0.05, 0) is 44.4 Å². The molecule has 130 valence electrons. The Hall–Kier alpha value is -1.30. The number of hydrogen-bond acceptors (Lipinski definition) is 3. The topological polar surface area (TPSA) is 66.5 Å². The molecule has 2 atom stereocenters. The van der Waals surface area contributed by atoms with E-state index in [2.05, 4.69) is 18.3 Å². The van der Waals surface area contributed by atoms with Crippen molar-refractivity contribution >= 4 is 15.9 Å². The quantitative estimate of drug-likeness (QED) is 0.800. The number of carbonyl (C=O) groups excluding carboxylic acids is 1. The highest BCUT2D eigenvalue weighted by Gasteiger charge is 2.32. The molecule has 0 saturated carbocycles. The molecule has 0 radical (unpaired) electrons. The van der Waals surface area contributed by atoms with Gasteiger partial charge in [0.25, 0.3) is 0 Å². The smallest absolute Gasteiger partial charge is 0.318 e. The number of nitrogens with one attached hydrogen (secondary N) is 1. The molecule has 0 bridgehead atoms. The van der Waals surface area contributed by atoms with Gasteiger partial charge in [-0.25, -0.2) is 13.2 Å². The van der Waals surface area contributed by atoms with Crippen molar-refractivity contribution in [3.8, 4) is 0 Å². The zero-order chi connectivity index (χ0) is 16.9. The van der Waals surface area contributed by atoms with Gasteiger partial charge in [-0.15, -0.1) is 0 Å². The summed E-state index contributed by atoms with van der Waals surface area (Å²) in [5.74, 6) is 0.636. The van der Waals surface area contributed by atoms with Gasteiger partial charge in [0.2, 0.25) is 0 Å². The number of nitrogens with zero attached hydrogens (tertiary/aromatic N) is 1. The summed E-state index contributed by atoms with van der Waals surface area (Å²) < 4.78 is 22.1. The fourth-order valence-electron chi connectivity index (χ4n) is 3.37. The minimum Gasteiger partial charge on any atom is -0.334 e. The van der Waals surface area contributed by atoms with Gasteiger partial charge in [-0.3, -0.25) is 0 Å². The van der Waals surface area contributed by atoms with Crippen LogP contribution < -0.4 is 5.32 Å². The van der Waals surface area contributed by atoms with Gasteiger partial charge < -0.3 is 10.2 Å². The summed E-state index contributed by atoms with van der Waals surface area (Å²) in [6.45, 7) is 3.26. The Kier molecular flexibility index (Phi) is 6.27. The number of amides is 2. The van der Waals surface area contributed by atoms with Crippen LogP contribution in [0.3, 0.4) is 0 Å². The van der Waals surface area contributed by atoms with Crippen LogP contribution in [-0.2, 0) is 9.84 Å². The van der Waals surface area contributed by atoms with E-state index in [1.165, 1.54) is 24.5 Å². The van der Waals surface area contributed by atoms with E-state index in [9.17, 15) is 13.2 Å². The van der Waals surface area contributed by atoms with Crippen molar-refractivity contribution in [1.82, 2.24) is 10.2 Å². The monoisotopic (exact) mass is 340 g/mol. The number of carbonyl (C=O) groups is 1. The molecular weight excluding hydrogens is 312 g/mol. The van der Waals surface area contributed by atoms with Crippen LogP contribution in [0.5, 0.6) is 0 Å². The van der Waals surface area contributed by atoms with E-state index in [0.29, 0.717) is 5.92 Å². The molecule has 2 amide bonds. The highest BCUT2D eigenvalue weighted by molar-refractivity contribution is 7.93. The van der Waals surface area contributed by atoms with Crippen LogP contribution in [0, 0.1) is 5.92 Å². The van der Waals surface area contributed by atoms with Gasteiger partial charge in [-0.1, -0.05) is 24.6 Å². The first-order chi connectivity index (χ1) is 10.9. The van der Waals surface area contributed by atoms with Gasteiger partial charge in [0.05, 0.1) is 6.04 Å². The molecule has 0 unspecified atom stereocenters. The Morgan fingerprint density at radius 3 is 2.87 bits per heavy atom. The lowest BCUT2D eigenvalue weighted by Gasteiger charge is -2.40. The standard InChI is InChI=1S/C17H28N2O3S/c1-14-9-11-19(16(13-14)15-7-4-3-5-8-15)17(20)18-10-6-12-23(2,21)22/h6-7,12,14,16H,3-5,8-11,13H2,1-2H3,(H,18,20)/b12-6+/t14-,16+/m1/s1. The molecule has 0 aromatic rings. The lowest BCUT2D eigenvalue weighted by atomic mass is 9.84. The zero-order valence-corrected chi connectivity index (χ0v) is 14.9. The third-order valence-corrected chi connectivity index (χ3v) is 5.28. The Bertz CT molecular complexity index is 581. The molecule has 1 aliphatic carbocycles. The maximum atomic E-state index is 12.5. The highest BCUT2D eigenvalue weighted by atomic mass is 32.2. The SMILES string of the molecule is C[C@@H]1CCN(C(=O)NC/C=C/S(C)(=O)=O)[C@H](C2=CCCCC2)C1. The van der Waals surface area contributed by atoms with Crippen LogP contribution in [0.4, 0.5) is 4.79 Å². The van der Waals surface area contributed by atoms with E-state index in [-0.39, 0.29) is 18.6 Å². The molecule has 0 aromatic carbocycles. The maximum Gasteiger partial charge on any atom is 0.318 e. The summed E-state index contributed by atoms with van der Waals surface area (Å²) in [5, 5.41) is 3.95. The molecule has 23 heavy (non-hydrogen) atoms. The lowest BCUT2D eigenvalue weighted by Crippen LogP contribution is -2.51. The second-order valence-electron chi connectivity index (χ2n) is 6.75. The third kappa shape index (κ3) is 5.68. The largest absolute Gasteiger partial charge is 0.334 e. The van der Waals surface area contributed by atoms with E-state index >= 15 is 0 Å². The van der Waals surface area contributed by atoms with E-state index < -0.39 is 9.84 Å². The number of allylic oxidation sites excluding steroid dienone is 1. The predicted molar refractivity (Wildman–Crippen MR) is 92.8 cm³/mol. The van der Waals surface area contributed by atoms with Crippen molar-refractivity contribution in [3.05, 3.63) is 23.1 Å². The Morgan fingerprint density at radius 2 is 2.22 bits per heavy atom. The van der Waals surface area contributed by atoms with Crippen LogP contribution in [0.1, 0.15) is 45.4 Å². The van der Waals surface area contributed by atoms with E-state index in [1.54, 1.807) is 0 Å². The van der Waals surface area contributed by atoms with Crippen LogP contribution in [0.15, 0.2) is 23.1 Å². The van der Waals surface area contributed by atoms with Gasteiger partial charge in [0.15, 0.2) is 9.84 Å². The summed E-state index contributed by atoms with van der Waals surface area (Å²) in [4.78, 5) is 14.4. The van der Waals surface area contributed by atoms with E-state index in [1.807, 2.05) is 4.90 Å². The number of hydrogen-bond donors (Lipinski definition) is 1. The average molecular weight is 340 g/mol. The molecule has 6 heteroatoms. The summed E-state index contributed by atoms with van der Waals surface area (Å²) in [6, 6.07) is 0.115. The Balaban J connectivity index is 1.98. The molecule has 0 spiro atoms. The average Bonchev–Trinajstić information content (AvgIpc) is 2.51. The fourth-order valence-corrected chi connectivity index (χ4v) is 3.82. The third-order valence-electron chi connectivity index (χ3n) is 4.59. The second kappa shape index (κ2) is 7.99. The molecule has 1 saturated heterocycles. The molecule has 1 aliphatic heterocycles. The van der Waals surface area contributed by atoms with Crippen molar-refractivity contribution in [2.45, 2.75) is 51.5 Å². The number of piperidine rings is 1. The number of urea groups is 1. The second-order valence-corrected chi connectivity index (χ2v) is 8.68. The van der Waals surface area contributed by atoms with Gasteiger partial charge >= 0.3 is 6.03 Å². The Morgan fingerprint density at radius 1 is 1.43 bits per heavy atom. The molecular formula is C17H28N2O3S. The van der Waals surface area contributed by atoms with E-state index in [0.717, 1.165) is 43.9 Å². The maximum absolute atomic E-state index is 12.5. The predicted octanol–water partition coefficient (Wildman–Crippen LogP) is 2.86. The molecule has 0 aromatic heterocycles. The summed E-state index contributed by atoms with van der Waals surface area (Å²) in [7, 11) is -3.14. The summed E-state index contributed by atoms with van der Waals surface area (Å²) in [6.07, 6.45) is 11.7. The van der Waals surface area contributed by atoms with Gasteiger partial charge in [0.1, 0.15) is 0 Å². The van der Waals surface area contributed by atoms with Crippen molar-refractivity contribution in [2.75, 3.05) is 19.3 Å². The van der Waals surface area contributed by atoms with Crippen LogP contribution >= 0.6 is 0 Å². The minimum atomic E-state index is -3.14. The molecule has 1 N–H and O–H groups in total. The van der Waals surface area contributed by atoms with E-state index in [4.69, 9.17) is 0 Å². The molecule has 5 nitrogen and oxygen atoms in total. The van der Waals surface area contributed by atoms with Gasteiger partial charge in [0, 0.05) is 24.8 Å². The number of likely N-dealkylation sites (tertiary alicyclic amines) is 1. The van der Waals surface area contributed by atoms with Crippen LogP contribution in [-0.4, -0.2) is 44.7 Å². The summed E-state index contributed by atoms with van der Waals surface area (Å²) >= 11 is 0. The van der Waals surface area contributed by atoms with Crippen molar-refractivity contribution in [2.24, 2.45) is 5.92 Å². The zero-order valence-electron chi connectivity index (χ0n) is 14.1. The van der Waals surface area contributed by atoms with Crippen LogP contribution in [0.2, 0.25) is 0 Å². The lowest BCUT2D eigenvalue weighted by molar-refractivity contribution is 0.144. The summed E-state index contributed by atoms with van der Waals surface area (Å²) in [5.41, 5.74) is 1.41. The molecule has 1 heterocycles. The molecule has 2 rings (SSSR count). The first-order valence-electron chi connectivity index (χ1n) is 8.47. The van der Waals surface area contributed by atoms with Crippen LogP contribution in [0.25, 0.3) is 0 Å². The molecule has 1 fully saturated rings. The van der Waals surface area contributed by atoms with Crippen molar-refractivity contribution in [1.29, 1.82) is 0 Å². The van der Waals surface area contributed by atoms with Crippen molar-refractivity contribution < 1.29 is 13.2 Å².